The van der Waals surface area contributed by atoms with E-state index < -0.39 is 15.4 Å². The van der Waals surface area contributed by atoms with Crippen molar-refractivity contribution < 1.29 is 8.42 Å². The number of hydrogen-bond acceptors (Lipinski definition) is 3. The summed E-state index contributed by atoms with van der Waals surface area (Å²) in [6.45, 7) is 3.45. The van der Waals surface area contributed by atoms with E-state index in [9.17, 15) is 8.42 Å². The molecule has 0 amide bonds. The minimum Gasteiger partial charge on any atom is -0.322 e. The van der Waals surface area contributed by atoms with Gasteiger partial charge in [-0.15, -0.1) is 0 Å². The topological polar surface area (TPSA) is 60.2 Å². The molecule has 0 saturated heterocycles. The highest BCUT2D eigenvalue weighted by Gasteiger charge is 2.25. The molecule has 0 radical (unpaired) electrons. The smallest absolute Gasteiger partial charge is 0.175 e. The van der Waals surface area contributed by atoms with E-state index >= 15 is 0 Å². The van der Waals surface area contributed by atoms with E-state index in [2.05, 4.69) is 0 Å². The summed E-state index contributed by atoms with van der Waals surface area (Å²) >= 11 is 5.98. The molecule has 0 bridgehead atoms. The highest BCUT2D eigenvalue weighted by Crippen LogP contribution is 2.31. The predicted octanol–water partition coefficient (Wildman–Crippen LogP) is 1.94. The minimum atomic E-state index is -3.30. The number of hydrogen-bond donors (Lipinski definition) is 1. The molecule has 2 N–H and O–H groups in total. The highest BCUT2D eigenvalue weighted by atomic mass is 35.5. The Morgan fingerprint density at radius 2 is 1.87 bits per heavy atom. The second-order valence-electron chi connectivity index (χ2n) is 4.11. The molecule has 1 aromatic rings. The van der Waals surface area contributed by atoms with Gasteiger partial charge in [0.05, 0.1) is 4.90 Å². The van der Waals surface area contributed by atoms with Crippen LogP contribution in [0.3, 0.4) is 0 Å². The third kappa shape index (κ3) is 2.71. The van der Waals surface area contributed by atoms with Crippen LogP contribution < -0.4 is 5.73 Å². The van der Waals surface area contributed by atoms with Crippen LogP contribution in [0.5, 0.6) is 0 Å². The van der Waals surface area contributed by atoms with Crippen molar-refractivity contribution in [1.82, 2.24) is 0 Å². The lowest BCUT2D eigenvalue weighted by Crippen LogP contribution is -2.31. The largest absolute Gasteiger partial charge is 0.322 e. The predicted molar refractivity (Wildman–Crippen MR) is 61.8 cm³/mol. The summed E-state index contributed by atoms with van der Waals surface area (Å²) in [5, 5.41) is 0.380. The molecule has 0 aliphatic rings. The van der Waals surface area contributed by atoms with Crippen molar-refractivity contribution in [2.24, 2.45) is 5.73 Å². The van der Waals surface area contributed by atoms with Crippen LogP contribution in [0.25, 0.3) is 0 Å². The molecule has 0 aliphatic carbocycles. The van der Waals surface area contributed by atoms with E-state index in [-0.39, 0.29) is 4.90 Å². The summed E-state index contributed by atoms with van der Waals surface area (Å²) in [6, 6.07) is 4.76. The Kier molecular flexibility index (Phi) is 3.14. The lowest BCUT2D eigenvalue weighted by Gasteiger charge is -2.23. The van der Waals surface area contributed by atoms with Gasteiger partial charge in [0.25, 0.3) is 0 Å². The minimum absolute atomic E-state index is 0.197. The van der Waals surface area contributed by atoms with Gasteiger partial charge < -0.3 is 5.73 Å². The lowest BCUT2D eigenvalue weighted by molar-refractivity contribution is 0.536. The molecular formula is C10H14ClNO2S. The standard InChI is InChI=1S/C10H14ClNO2S/c1-10(2,12)9-7(11)5-4-6-8(9)15(3,13)14/h4-6H,12H2,1-3H3. The fraction of sp³-hybridized carbons (Fsp3) is 0.400. The van der Waals surface area contributed by atoms with E-state index in [0.29, 0.717) is 10.6 Å². The molecule has 0 aliphatic heterocycles. The van der Waals surface area contributed by atoms with Gasteiger partial charge in [0.1, 0.15) is 0 Å². The van der Waals surface area contributed by atoms with Gasteiger partial charge in [-0.2, -0.15) is 0 Å². The highest BCUT2D eigenvalue weighted by molar-refractivity contribution is 7.90. The number of rotatable bonds is 2. The lowest BCUT2D eigenvalue weighted by atomic mass is 9.95. The number of nitrogens with two attached hydrogens (primary N) is 1. The van der Waals surface area contributed by atoms with E-state index in [1.807, 2.05) is 0 Å². The zero-order chi connectivity index (χ0) is 11.9. The van der Waals surface area contributed by atoms with Crippen LogP contribution in [0.15, 0.2) is 23.1 Å². The summed E-state index contributed by atoms with van der Waals surface area (Å²) in [4.78, 5) is 0.197. The number of benzene rings is 1. The Morgan fingerprint density at radius 1 is 1.33 bits per heavy atom. The van der Waals surface area contributed by atoms with Crippen LogP contribution in [0.1, 0.15) is 19.4 Å². The molecule has 0 aromatic heterocycles. The van der Waals surface area contributed by atoms with E-state index in [0.717, 1.165) is 6.26 Å². The molecule has 3 nitrogen and oxygen atoms in total. The maximum Gasteiger partial charge on any atom is 0.175 e. The summed E-state index contributed by atoms with van der Waals surface area (Å²) in [5.74, 6) is 0. The molecule has 0 saturated carbocycles. The van der Waals surface area contributed by atoms with Crippen molar-refractivity contribution in [1.29, 1.82) is 0 Å². The van der Waals surface area contributed by atoms with Gasteiger partial charge in [0, 0.05) is 22.4 Å². The summed E-state index contributed by atoms with van der Waals surface area (Å²) in [5.41, 5.74) is 5.59. The van der Waals surface area contributed by atoms with Crippen molar-refractivity contribution in [3.05, 3.63) is 28.8 Å². The van der Waals surface area contributed by atoms with Crippen molar-refractivity contribution in [3.63, 3.8) is 0 Å². The van der Waals surface area contributed by atoms with Gasteiger partial charge in [-0.25, -0.2) is 8.42 Å². The molecule has 0 spiro atoms. The Labute approximate surface area is 95.2 Å². The van der Waals surface area contributed by atoms with Crippen LogP contribution in [0.4, 0.5) is 0 Å². The SMILES string of the molecule is CC(C)(N)c1c(Cl)cccc1S(C)(=O)=O. The first kappa shape index (κ1) is 12.5. The normalized spacial score (nSPS) is 12.9. The number of sulfone groups is 1. The van der Waals surface area contributed by atoms with Crippen molar-refractivity contribution in [3.8, 4) is 0 Å². The van der Waals surface area contributed by atoms with Gasteiger partial charge in [-0.1, -0.05) is 17.7 Å². The quantitative estimate of drug-likeness (QED) is 0.869. The Hall–Kier alpha value is -0.580. The molecule has 0 fully saturated rings. The molecule has 84 valence electrons. The summed E-state index contributed by atoms with van der Waals surface area (Å²) in [7, 11) is -3.30. The monoisotopic (exact) mass is 247 g/mol. The van der Waals surface area contributed by atoms with Crippen LogP contribution >= 0.6 is 11.6 Å². The molecule has 0 heterocycles. The second kappa shape index (κ2) is 3.77. The summed E-state index contributed by atoms with van der Waals surface area (Å²) in [6.07, 6.45) is 1.15. The zero-order valence-electron chi connectivity index (χ0n) is 8.91. The van der Waals surface area contributed by atoms with Gasteiger partial charge in [-0.05, 0) is 26.0 Å². The average Bonchev–Trinajstić information content (AvgIpc) is 1.99. The van der Waals surface area contributed by atoms with Gasteiger partial charge in [0.15, 0.2) is 9.84 Å². The molecule has 1 rings (SSSR count). The van der Waals surface area contributed by atoms with Crippen molar-refractivity contribution in [2.75, 3.05) is 6.26 Å². The van der Waals surface area contributed by atoms with Crippen molar-refractivity contribution >= 4 is 21.4 Å². The molecule has 0 atom stereocenters. The maximum absolute atomic E-state index is 11.5. The third-order valence-corrected chi connectivity index (χ3v) is 3.47. The molecular weight excluding hydrogens is 234 g/mol. The third-order valence-electron chi connectivity index (χ3n) is 2.02. The first-order valence-corrected chi connectivity index (χ1v) is 6.69. The van der Waals surface area contributed by atoms with Crippen LogP contribution in [0.2, 0.25) is 5.02 Å². The first-order valence-electron chi connectivity index (χ1n) is 4.42. The van der Waals surface area contributed by atoms with Gasteiger partial charge in [0.2, 0.25) is 0 Å². The van der Waals surface area contributed by atoms with E-state index in [4.69, 9.17) is 17.3 Å². The molecule has 15 heavy (non-hydrogen) atoms. The van der Waals surface area contributed by atoms with Crippen LogP contribution in [0, 0.1) is 0 Å². The Morgan fingerprint density at radius 3 is 2.20 bits per heavy atom. The van der Waals surface area contributed by atoms with Crippen LogP contribution in [-0.4, -0.2) is 14.7 Å². The van der Waals surface area contributed by atoms with E-state index in [1.54, 1.807) is 26.0 Å². The first-order chi connectivity index (χ1) is 6.64. The maximum atomic E-state index is 11.5. The fourth-order valence-electron chi connectivity index (χ4n) is 1.44. The summed E-state index contributed by atoms with van der Waals surface area (Å²) < 4.78 is 23.1. The van der Waals surface area contributed by atoms with Gasteiger partial charge in [-0.3, -0.25) is 0 Å². The molecule has 5 heteroatoms. The fourth-order valence-corrected chi connectivity index (χ4v) is 2.98. The van der Waals surface area contributed by atoms with Gasteiger partial charge >= 0.3 is 0 Å². The number of halogens is 1. The van der Waals surface area contributed by atoms with E-state index in [1.165, 1.54) is 6.07 Å². The second-order valence-corrected chi connectivity index (χ2v) is 6.50. The molecule has 1 aromatic carbocycles. The Bertz CT molecular complexity index is 475. The van der Waals surface area contributed by atoms with Crippen LogP contribution in [-0.2, 0) is 15.4 Å². The Balaban J connectivity index is 3.63. The molecule has 0 unspecified atom stereocenters. The zero-order valence-corrected chi connectivity index (χ0v) is 10.5. The van der Waals surface area contributed by atoms with Crippen molar-refractivity contribution in [2.45, 2.75) is 24.3 Å². The average molecular weight is 248 g/mol.